The number of carboxylic acid groups (broad SMARTS) is 1. The summed E-state index contributed by atoms with van der Waals surface area (Å²) in [6.45, 7) is 0.972. The summed E-state index contributed by atoms with van der Waals surface area (Å²) in [6.07, 6.45) is 7.48. The summed E-state index contributed by atoms with van der Waals surface area (Å²) in [5.41, 5.74) is 5.71. The Bertz CT molecular complexity index is 684. The van der Waals surface area contributed by atoms with Crippen molar-refractivity contribution in [1.29, 1.82) is 5.26 Å². The van der Waals surface area contributed by atoms with Crippen molar-refractivity contribution in [2.24, 2.45) is 28.9 Å². The Balaban J connectivity index is 0.000000413. The summed E-state index contributed by atoms with van der Waals surface area (Å²) in [4.78, 5) is 23.8. The van der Waals surface area contributed by atoms with Crippen molar-refractivity contribution >= 4 is 11.9 Å². The van der Waals surface area contributed by atoms with Crippen LogP contribution in [0.4, 0.5) is 0 Å². The molecule has 0 spiro atoms. The van der Waals surface area contributed by atoms with E-state index in [1.807, 2.05) is 0 Å². The fourth-order valence-electron chi connectivity index (χ4n) is 6.96. The molecule has 7 heteroatoms. The molecule has 148 valence electrons. The van der Waals surface area contributed by atoms with Crippen LogP contribution >= 0.6 is 0 Å². The van der Waals surface area contributed by atoms with Gasteiger partial charge in [0.15, 0.2) is 0 Å². The molecule has 5 aliphatic carbocycles. The molecule has 7 nitrogen and oxygen atoms in total. The summed E-state index contributed by atoms with van der Waals surface area (Å²) in [6, 6.07) is 1.72. The second kappa shape index (κ2) is 6.18. The van der Waals surface area contributed by atoms with Crippen LogP contribution in [-0.2, 0) is 9.59 Å². The van der Waals surface area contributed by atoms with E-state index in [1.165, 1.54) is 6.42 Å². The summed E-state index contributed by atoms with van der Waals surface area (Å²) in [5.74, 6) is 0.474. The van der Waals surface area contributed by atoms with Crippen molar-refractivity contribution in [2.45, 2.75) is 82.0 Å². The normalized spacial score (nSPS) is 46.7. The molecule has 1 aliphatic heterocycles. The fraction of sp³-hybridized carbons (Fsp3) is 0.850. The lowest BCUT2D eigenvalue weighted by Crippen LogP contribution is -2.64. The third-order valence-corrected chi connectivity index (χ3v) is 7.51. The Kier molecular flexibility index (Phi) is 4.28. The van der Waals surface area contributed by atoms with Crippen molar-refractivity contribution in [1.82, 2.24) is 4.90 Å². The molecule has 4 bridgehead atoms. The van der Waals surface area contributed by atoms with Crippen molar-refractivity contribution in [3.05, 3.63) is 0 Å². The van der Waals surface area contributed by atoms with Gasteiger partial charge in [0, 0.05) is 12.0 Å². The smallest absolute Gasteiger partial charge is 0.241 e. The monoisotopic (exact) mass is 374 g/mol. The standard InChI is InChI=1S/C18H25N3O2.C2H4O2/c19-8-13-2-12-3-14(12)21(13)16(22)15(20)17-4-10-1-11(5-17)7-18(23,6-10)9-17;1-2(3)4/h10-15,23H,1-7,9,20H2;1H3,(H,3,4)/p-1/t10-,11+,12-,13+,14+,15-,17?,18?;/m1./s1. The second-order valence-electron chi connectivity index (χ2n) is 9.71. The first kappa shape index (κ1) is 18.7. The molecule has 27 heavy (non-hydrogen) atoms. The van der Waals surface area contributed by atoms with Crippen LogP contribution in [0.2, 0.25) is 0 Å². The van der Waals surface area contributed by atoms with E-state index in [0.717, 1.165) is 45.4 Å². The van der Waals surface area contributed by atoms with E-state index in [9.17, 15) is 15.2 Å². The highest BCUT2D eigenvalue weighted by molar-refractivity contribution is 5.84. The highest BCUT2D eigenvalue weighted by atomic mass is 16.4. The molecule has 3 N–H and O–H groups in total. The van der Waals surface area contributed by atoms with Crippen molar-refractivity contribution in [3.63, 3.8) is 0 Å². The molecule has 6 aliphatic rings. The molecular formula is C20H28N3O4-. The van der Waals surface area contributed by atoms with Gasteiger partial charge in [-0.25, -0.2) is 0 Å². The maximum Gasteiger partial charge on any atom is 0.241 e. The average molecular weight is 374 g/mol. The molecule has 0 radical (unpaired) electrons. The van der Waals surface area contributed by atoms with Gasteiger partial charge in [-0.2, -0.15) is 5.26 Å². The number of hydrogen-bond donors (Lipinski definition) is 2. The number of nitrogens with zero attached hydrogens (tertiary/aromatic N) is 2. The Morgan fingerprint density at radius 1 is 1.22 bits per heavy atom. The van der Waals surface area contributed by atoms with Gasteiger partial charge >= 0.3 is 0 Å². The maximum atomic E-state index is 13.1. The predicted molar refractivity (Wildman–Crippen MR) is 93.5 cm³/mol. The number of piperidine rings is 1. The molecular weight excluding hydrogens is 346 g/mol. The second-order valence-corrected chi connectivity index (χ2v) is 9.71. The topological polar surface area (TPSA) is 130 Å². The van der Waals surface area contributed by atoms with E-state index in [2.05, 4.69) is 6.07 Å². The third kappa shape index (κ3) is 3.13. The van der Waals surface area contributed by atoms with Crippen molar-refractivity contribution in [2.75, 3.05) is 0 Å². The molecule has 1 saturated heterocycles. The minimum absolute atomic E-state index is 0.0212. The van der Waals surface area contributed by atoms with Crippen molar-refractivity contribution in [3.8, 4) is 6.07 Å². The van der Waals surface area contributed by atoms with Crippen LogP contribution in [-0.4, -0.2) is 45.6 Å². The molecule has 0 aromatic carbocycles. The first-order valence-electron chi connectivity index (χ1n) is 10.0. The number of carboxylic acids is 1. The number of aliphatic hydroxyl groups is 1. The minimum Gasteiger partial charge on any atom is -0.550 e. The predicted octanol–water partition coefficient (Wildman–Crippen LogP) is -0.0858. The number of carbonyl (C=O) groups is 2. The van der Waals surface area contributed by atoms with Crippen LogP contribution in [0.5, 0.6) is 0 Å². The lowest BCUT2D eigenvalue weighted by Gasteiger charge is -2.61. The summed E-state index contributed by atoms with van der Waals surface area (Å²) >= 11 is 0. The van der Waals surface area contributed by atoms with Gasteiger partial charge in [-0.3, -0.25) is 4.79 Å². The van der Waals surface area contributed by atoms with Crippen LogP contribution in [0, 0.1) is 34.5 Å². The fourth-order valence-corrected chi connectivity index (χ4v) is 6.96. The molecule has 1 amide bonds. The number of amides is 1. The third-order valence-electron chi connectivity index (χ3n) is 7.51. The number of rotatable bonds is 2. The average Bonchev–Trinajstić information content (AvgIpc) is 3.21. The molecule has 6 rings (SSSR count). The Labute approximate surface area is 159 Å². The van der Waals surface area contributed by atoms with Gasteiger partial charge < -0.3 is 25.6 Å². The Hall–Kier alpha value is -1.65. The van der Waals surface area contributed by atoms with Crippen LogP contribution in [0.3, 0.4) is 0 Å². The minimum atomic E-state index is -1.08. The van der Waals surface area contributed by atoms with Gasteiger partial charge in [0.2, 0.25) is 5.91 Å². The van der Waals surface area contributed by atoms with Crippen LogP contribution in [0.1, 0.15) is 58.3 Å². The number of fused-ring (bicyclic) bond motifs is 1. The van der Waals surface area contributed by atoms with E-state index in [-0.39, 0.29) is 23.4 Å². The molecule has 0 aromatic rings. The van der Waals surface area contributed by atoms with Gasteiger partial charge in [0.1, 0.15) is 6.04 Å². The maximum absolute atomic E-state index is 13.1. The van der Waals surface area contributed by atoms with Gasteiger partial charge in [-0.1, -0.05) is 0 Å². The Morgan fingerprint density at radius 3 is 2.33 bits per heavy atom. The van der Waals surface area contributed by atoms with Crippen molar-refractivity contribution < 1.29 is 19.8 Å². The van der Waals surface area contributed by atoms with E-state index in [0.29, 0.717) is 24.2 Å². The molecule has 2 unspecified atom stereocenters. The number of nitrogens with two attached hydrogens (primary N) is 1. The lowest BCUT2D eigenvalue weighted by atomic mass is 9.46. The molecule has 5 saturated carbocycles. The van der Waals surface area contributed by atoms with E-state index in [1.54, 1.807) is 4.90 Å². The van der Waals surface area contributed by atoms with Gasteiger partial charge in [0.05, 0.1) is 17.7 Å². The largest absolute Gasteiger partial charge is 0.550 e. The summed E-state index contributed by atoms with van der Waals surface area (Å²) in [7, 11) is 0. The number of hydrogen-bond acceptors (Lipinski definition) is 6. The van der Waals surface area contributed by atoms with Gasteiger partial charge in [0.25, 0.3) is 0 Å². The zero-order chi connectivity index (χ0) is 19.6. The molecule has 1 heterocycles. The zero-order valence-electron chi connectivity index (χ0n) is 15.8. The highest BCUT2D eigenvalue weighted by Gasteiger charge is 2.62. The van der Waals surface area contributed by atoms with E-state index < -0.39 is 17.6 Å². The van der Waals surface area contributed by atoms with Gasteiger partial charge in [-0.15, -0.1) is 0 Å². The zero-order valence-corrected chi connectivity index (χ0v) is 15.8. The van der Waals surface area contributed by atoms with Crippen LogP contribution in [0.25, 0.3) is 0 Å². The number of aliphatic carboxylic acids is 1. The quantitative estimate of drug-likeness (QED) is 0.695. The molecule has 8 atom stereocenters. The first-order valence-corrected chi connectivity index (χ1v) is 10.0. The summed E-state index contributed by atoms with van der Waals surface area (Å²) in [5, 5.41) is 29.1. The molecule has 0 aromatic heterocycles. The first-order chi connectivity index (χ1) is 12.7. The number of carbonyl (C=O) groups excluding carboxylic acids is 2. The molecule has 6 fully saturated rings. The highest BCUT2D eigenvalue weighted by Crippen LogP contribution is 2.63. The van der Waals surface area contributed by atoms with E-state index in [4.69, 9.17) is 15.6 Å². The SMILES string of the molecule is CC(=O)[O-].N#C[C@@H]1C[C@@H]2C[C@@H]2N1C(=O)[C@@H](N)C12C[C@@H]3C[C@@H](CC(O)(C3)C1)C2. The number of likely N-dealkylation sites (tertiary alicyclic amines) is 1. The number of nitriles is 1. The summed E-state index contributed by atoms with van der Waals surface area (Å²) < 4.78 is 0. The van der Waals surface area contributed by atoms with Gasteiger partial charge in [-0.05, 0) is 81.5 Å². The lowest BCUT2D eigenvalue weighted by molar-refractivity contribution is -0.302. The van der Waals surface area contributed by atoms with Crippen LogP contribution < -0.4 is 10.8 Å². The van der Waals surface area contributed by atoms with E-state index >= 15 is 0 Å². The Morgan fingerprint density at radius 2 is 1.81 bits per heavy atom. The van der Waals surface area contributed by atoms with Crippen LogP contribution in [0.15, 0.2) is 0 Å².